The molecule has 6 nitrogen and oxygen atoms in total. The molecule has 0 spiro atoms. The summed E-state index contributed by atoms with van der Waals surface area (Å²) in [5.41, 5.74) is 0.326. The van der Waals surface area contributed by atoms with Crippen LogP contribution in [0.1, 0.15) is 32.4 Å². The lowest BCUT2D eigenvalue weighted by Crippen LogP contribution is -2.50. The third-order valence-corrected chi connectivity index (χ3v) is 3.46. The Bertz CT molecular complexity index is 554. The Kier molecular flexibility index (Phi) is 5.60. The van der Waals surface area contributed by atoms with Gasteiger partial charge in [0.2, 0.25) is 0 Å². The fraction of sp³-hybridized carbons (Fsp3) is 0.529. The third kappa shape index (κ3) is 4.69. The highest BCUT2D eigenvalue weighted by atomic mass is 16.6. The van der Waals surface area contributed by atoms with E-state index in [1.54, 1.807) is 11.0 Å². The Hall–Kier alpha value is -2.08. The van der Waals surface area contributed by atoms with Crippen LogP contribution >= 0.6 is 0 Å². The number of carbonyl (C=O) groups excluding carboxylic acids is 2. The molecule has 6 heteroatoms. The summed E-state index contributed by atoms with van der Waals surface area (Å²) in [7, 11) is 0. The molecule has 1 amide bonds. The summed E-state index contributed by atoms with van der Waals surface area (Å²) < 4.78 is 11.0. The van der Waals surface area contributed by atoms with Gasteiger partial charge in [0.05, 0.1) is 6.04 Å². The van der Waals surface area contributed by atoms with E-state index >= 15 is 0 Å². The van der Waals surface area contributed by atoms with Crippen LogP contribution in [0.2, 0.25) is 0 Å². The summed E-state index contributed by atoms with van der Waals surface area (Å²) in [5.74, 6) is 0.613. The SMILES string of the molecule is CC(C)(C)OC(=O)N1CCNCC1c1ccccc1OCC=O. The minimum absolute atomic E-state index is 0.0103. The van der Waals surface area contributed by atoms with Gasteiger partial charge in [-0.05, 0) is 26.8 Å². The van der Waals surface area contributed by atoms with Crippen molar-refractivity contribution in [1.29, 1.82) is 0 Å². The Labute approximate surface area is 136 Å². The molecule has 1 fully saturated rings. The second-order valence-electron chi connectivity index (χ2n) is 6.41. The number of hydrogen-bond acceptors (Lipinski definition) is 5. The molecular weight excluding hydrogens is 296 g/mol. The number of para-hydroxylation sites is 1. The van der Waals surface area contributed by atoms with Crippen molar-refractivity contribution >= 4 is 12.4 Å². The molecule has 1 aliphatic rings. The standard InChI is InChI=1S/C17H24N2O4/c1-17(2,3)23-16(21)19-9-8-18-12-14(19)13-6-4-5-7-15(13)22-11-10-20/h4-7,10,14,18H,8-9,11-12H2,1-3H3. The summed E-state index contributed by atoms with van der Waals surface area (Å²) in [6.07, 6.45) is 0.371. The summed E-state index contributed by atoms with van der Waals surface area (Å²) in [6, 6.07) is 7.26. The number of nitrogens with zero attached hydrogens (tertiary/aromatic N) is 1. The zero-order chi connectivity index (χ0) is 16.9. The predicted molar refractivity (Wildman–Crippen MR) is 86.6 cm³/mol. The number of amides is 1. The van der Waals surface area contributed by atoms with Crippen molar-refractivity contribution in [3.05, 3.63) is 29.8 Å². The van der Waals surface area contributed by atoms with Crippen LogP contribution in [0.15, 0.2) is 24.3 Å². The second kappa shape index (κ2) is 7.46. The molecule has 1 saturated heterocycles. The number of ether oxygens (including phenoxy) is 2. The molecule has 1 aliphatic heterocycles. The van der Waals surface area contributed by atoms with E-state index in [4.69, 9.17) is 9.47 Å². The van der Waals surface area contributed by atoms with Crippen molar-refractivity contribution < 1.29 is 19.1 Å². The lowest BCUT2D eigenvalue weighted by molar-refractivity contribution is -0.109. The third-order valence-electron chi connectivity index (χ3n) is 3.46. The predicted octanol–water partition coefficient (Wildman–Crippen LogP) is 2.15. The summed E-state index contributed by atoms with van der Waals surface area (Å²) >= 11 is 0. The molecule has 1 aromatic rings. The van der Waals surface area contributed by atoms with E-state index in [1.807, 2.05) is 39.0 Å². The van der Waals surface area contributed by atoms with Crippen LogP contribution in [-0.2, 0) is 9.53 Å². The molecule has 1 N–H and O–H groups in total. The van der Waals surface area contributed by atoms with Gasteiger partial charge < -0.3 is 14.8 Å². The fourth-order valence-corrected chi connectivity index (χ4v) is 2.53. The number of aldehydes is 1. The van der Waals surface area contributed by atoms with Gasteiger partial charge in [0, 0.05) is 25.2 Å². The maximum Gasteiger partial charge on any atom is 0.410 e. The monoisotopic (exact) mass is 320 g/mol. The van der Waals surface area contributed by atoms with Gasteiger partial charge in [-0.2, -0.15) is 0 Å². The number of nitrogens with one attached hydrogen (secondary N) is 1. The van der Waals surface area contributed by atoms with E-state index < -0.39 is 5.60 Å². The second-order valence-corrected chi connectivity index (χ2v) is 6.41. The number of carbonyl (C=O) groups is 2. The fourth-order valence-electron chi connectivity index (χ4n) is 2.53. The van der Waals surface area contributed by atoms with E-state index in [1.165, 1.54) is 0 Å². The van der Waals surface area contributed by atoms with Crippen LogP contribution in [0.5, 0.6) is 5.75 Å². The summed E-state index contributed by atoms with van der Waals surface area (Å²) in [5, 5.41) is 3.29. The van der Waals surface area contributed by atoms with Gasteiger partial charge in [0.1, 0.15) is 18.0 Å². The molecule has 0 bridgehead atoms. The van der Waals surface area contributed by atoms with E-state index in [2.05, 4.69) is 5.32 Å². The molecule has 0 aliphatic carbocycles. The smallest absolute Gasteiger partial charge is 0.410 e. The maximum absolute atomic E-state index is 12.5. The topological polar surface area (TPSA) is 67.9 Å². The molecule has 0 radical (unpaired) electrons. The first-order valence-corrected chi connectivity index (χ1v) is 7.78. The molecule has 0 aromatic heterocycles. The lowest BCUT2D eigenvalue weighted by atomic mass is 10.0. The van der Waals surface area contributed by atoms with Crippen molar-refractivity contribution in [3.63, 3.8) is 0 Å². The van der Waals surface area contributed by atoms with Gasteiger partial charge in [0.15, 0.2) is 6.29 Å². The Morgan fingerprint density at radius 3 is 2.83 bits per heavy atom. The minimum Gasteiger partial charge on any atom is -0.486 e. The number of rotatable bonds is 4. The Morgan fingerprint density at radius 2 is 2.13 bits per heavy atom. The van der Waals surface area contributed by atoms with Crippen molar-refractivity contribution in [2.24, 2.45) is 0 Å². The van der Waals surface area contributed by atoms with Crippen LogP contribution in [-0.4, -0.2) is 49.1 Å². The average molecular weight is 320 g/mol. The van der Waals surface area contributed by atoms with Crippen molar-refractivity contribution in [2.45, 2.75) is 32.4 Å². The van der Waals surface area contributed by atoms with Crippen molar-refractivity contribution in [1.82, 2.24) is 10.2 Å². The van der Waals surface area contributed by atoms with Crippen molar-refractivity contribution in [2.75, 3.05) is 26.2 Å². The van der Waals surface area contributed by atoms with Gasteiger partial charge in [-0.25, -0.2) is 4.79 Å². The highest BCUT2D eigenvalue weighted by Crippen LogP contribution is 2.31. The number of piperazine rings is 1. The highest BCUT2D eigenvalue weighted by molar-refractivity contribution is 5.69. The van der Waals surface area contributed by atoms with Crippen LogP contribution in [0.4, 0.5) is 4.79 Å². The van der Waals surface area contributed by atoms with E-state index in [-0.39, 0.29) is 18.7 Å². The number of benzene rings is 1. The molecule has 0 saturated carbocycles. The lowest BCUT2D eigenvalue weighted by Gasteiger charge is -2.37. The average Bonchev–Trinajstić information content (AvgIpc) is 2.51. The van der Waals surface area contributed by atoms with Gasteiger partial charge in [-0.15, -0.1) is 0 Å². The zero-order valence-electron chi connectivity index (χ0n) is 13.9. The Balaban J connectivity index is 2.24. The zero-order valence-corrected chi connectivity index (χ0v) is 13.9. The molecule has 1 unspecified atom stereocenters. The Morgan fingerprint density at radius 1 is 1.39 bits per heavy atom. The van der Waals surface area contributed by atoms with Crippen LogP contribution in [0.3, 0.4) is 0 Å². The van der Waals surface area contributed by atoms with Crippen molar-refractivity contribution in [3.8, 4) is 5.75 Å². The normalized spacial score (nSPS) is 18.4. The largest absolute Gasteiger partial charge is 0.486 e. The van der Waals surface area contributed by atoms with Crippen LogP contribution in [0.25, 0.3) is 0 Å². The summed E-state index contributed by atoms with van der Waals surface area (Å²) in [4.78, 5) is 24.8. The van der Waals surface area contributed by atoms with E-state index in [0.29, 0.717) is 31.7 Å². The molecule has 126 valence electrons. The minimum atomic E-state index is -0.542. The molecule has 23 heavy (non-hydrogen) atoms. The first-order valence-electron chi connectivity index (χ1n) is 7.78. The van der Waals surface area contributed by atoms with Gasteiger partial charge in [-0.3, -0.25) is 9.69 Å². The van der Waals surface area contributed by atoms with Gasteiger partial charge in [0.25, 0.3) is 0 Å². The first kappa shape index (κ1) is 17.3. The van der Waals surface area contributed by atoms with Crippen LogP contribution in [0, 0.1) is 0 Å². The van der Waals surface area contributed by atoms with Gasteiger partial charge in [-0.1, -0.05) is 18.2 Å². The van der Waals surface area contributed by atoms with E-state index in [0.717, 1.165) is 5.56 Å². The molecular formula is C17H24N2O4. The molecule has 1 heterocycles. The molecule has 1 atom stereocenters. The highest BCUT2D eigenvalue weighted by Gasteiger charge is 2.32. The van der Waals surface area contributed by atoms with Gasteiger partial charge >= 0.3 is 6.09 Å². The quantitative estimate of drug-likeness (QED) is 0.861. The maximum atomic E-state index is 12.5. The molecule has 1 aromatic carbocycles. The van der Waals surface area contributed by atoms with Crippen LogP contribution < -0.4 is 10.1 Å². The van der Waals surface area contributed by atoms with E-state index in [9.17, 15) is 9.59 Å². The number of hydrogen-bond donors (Lipinski definition) is 1. The first-order chi connectivity index (χ1) is 10.9. The summed E-state index contributed by atoms with van der Waals surface area (Å²) in [6.45, 7) is 7.43. The molecule has 2 rings (SSSR count).